The molecule has 0 aromatic heterocycles. The lowest BCUT2D eigenvalue weighted by Crippen LogP contribution is -2.53. The lowest BCUT2D eigenvalue weighted by molar-refractivity contribution is -0.0817. The molecule has 0 bridgehead atoms. The smallest absolute Gasteiger partial charge is 0.194 e. The normalized spacial score (nSPS) is 23.6. The first-order valence-electron chi connectivity index (χ1n) is 9.27. The molecule has 0 spiro atoms. The first-order chi connectivity index (χ1) is 12.3. The third kappa shape index (κ3) is 6.25. The fraction of sp³-hybridized carbons (Fsp3) is 0.632. The third-order valence-corrected chi connectivity index (χ3v) is 4.89. The molecule has 1 aromatic carbocycles. The van der Waals surface area contributed by atoms with Crippen LogP contribution in [-0.4, -0.2) is 62.5 Å². The van der Waals surface area contributed by atoms with Crippen molar-refractivity contribution in [2.45, 2.75) is 38.4 Å². The second kappa shape index (κ2) is 11.3. The summed E-state index contributed by atoms with van der Waals surface area (Å²) in [4.78, 5) is 7.12. The monoisotopic (exact) mass is 493 g/mol. The minimum atomic E-state index is 0. The zero-order valence-electron chi connectivity index (χ0n) is 15.3. The van der Waals surface area contributed by atoms with Crippen LogP contribution in [0, 0.1) is 0 Å². The van der Waals surface area contributed by atoms with Crippen LogP contribution in [-0.2, 0) is 15.9 Å². The second-order valence-electron chi connectivity index (χ2n) is 6.52. The number of hydrogen-bond acceptors (Lipinski definition) is 3. The van der Waals surface area contributed by atoms with Gasteiger partial charge in [-0.2, -0.15) is 0 Å². The van der Waals surface area contributed by atoms with Gasteiger partial charge in [0.25, 0.3) is 0 Å². The molecule has 2 atom stereocenters. The molecule has 0 radical (unpaired) electrons. The number of ether oxygens (including phenoxy) is 2. The van der Waals surface area contributed by atoms with Crippen molar-refractivity contribution in [2.24, 2.45) is 4.99 Å². The van der Waals surface area contributed by atoms with E-state index < -0.39 is 0 Å². The summed E-state index contributed by atoms with van der Waals surface area (Å²) in [7, 11) is 0. The summed E-state index contributed by atoms with van der Waals surface area (Å²) in [5.74, 6) is 0.968. The summed E-state index contributed by atoms with van der Waals surface area (Å²) < 4.78 is 11.7. The molecule has 7 heteroatoms. The van der Waals surface area contributed by atoms with Gasteiger partial charge in [0.1, 0.15) is 6.10 Å². The highest BCUT2D eigenvalue weighted by Crippen LogP contribution is 2.21. The topological polar surface area (TPSA) is 46.1 Å². The fourth-order valence-corrected chi connectivity index (χ4v) is 3.61. The molecule has 2 saturated heterocycles. The van der Waals surface area contributed by atoms with E-state index in [0.29, 0.717) is 0 Å². The Balaban J connectivity index is 0.00000243. The van der Waals surface area contributed by atoms with Crippen LogP contribution in [0.25, 0.3) is 0 Å². The number of guanidine groups is 1. The molecule has 1 aromatic rings. The number of nitrogens with zero attached hydrogens (tertiary/aromatic N) is 2. The third-order valence-electron chi connectivity index (χ3n) is 4.66. The predicted octanol–water partition coefficient (Wildman–Crippen LogP) is 3.35. The predicted molar refractivity (Wildman–Crippen MR) is 117 cm³/mol. The molecule has 2 aliphatic rings. The molecule has 0 saturated carbocycles. The van der Waals surface area contributed by atoms with E-state index >= 15 is 0 Å². The van der Waals surface area contributed by atoms with Crippen molar-refractivity contribution in [3.05, 3.63) is 34.9 Å². The van der Waals surface area contributed by atoms with Gasteiger partial charge in [-0.25, -0.2) is 0 Å². The van der Waals surface area contributed by atoms with Crippen molar-refractivity contribution < 1.29 is 9.47 Å². The van der Waals surface area contributed by atoms with Crippen LogP contribution in [0.1, 0.15) is 25.3 Å². The highest BCUT2D eigenvalue weighted by atomic mass is 127. The summed E-state index contributed by atoms with van der Waals surface area (Å²) in [6.45, 7) is 6.99. The van der Waals surface area contributed by atoms with Gasteiger partial charge in [-0.05, 0) is 43.9 Å². The first kappa shape index (κ1) is 21.7. The van der Waals surface area contributed by atoms with Crippen LogP contribution in [0.5, 0.6) is 0 Å². The number of aliphatic imine (C=N–C) groups is 1. The van der Waals surface area contributed by atoms with E-state index in [-0.39, 0.29) is 36.2 Å². The summed E-state index contributed by atoms with van der Waals surface area (Å²) in [5, 5.41) is 4.19. The Morgan fingerprint density at radius 2 is 2.15 bits per heavy atom. The van der Waals surface area contributed by atoms with Crippen LogP contribution >= 0.6 is 35.6 Å². The van der Waals surface area contributed by atoms with Crippen LogP contribution in [0.4, 0.5) is 0 Å². The van der Waals surface area contributed by atoms with Gasteiger partial charge in [-0.3, -0.25) is 4.99 Å². The molecule has 2 fully saturated rings. The fourth-order valence-electron chi connectivity index (χ4n) is 3.40. The molecule has 0 aliphatic carbocycles. The van der Waals surface area contributed by atoms with Crippen LogP contribution < -0.4 is 5.32 Å². The second-order valence-corrected chi connectivity index (χ2v) is 6.96. The van der Waals surface area contributed by atoms with Crippen molar-refractivity contribution in [1.82, 2.24) is 10.2 Å². The van der Waals surface area contributed by atoms with Gasteiger partial charge in [-0.1, -0.05) is 23.7 Å². The molecule has 2 unspecified atom stereocenters. The molecule has 3 rings (SSSR count). The van der Waals surface area contributed by atoms with Gasteiger partial charge < -0.3 is 19.7 Å². The Hall–Kier alpha value is -0.570. The largest absolute Gasteiger partial charge is 0.375 e. The lowest BCUT2D eigenvalue weighted by Gasteiger charge is -2.37. The molecule has 146 valence electrons. The number of rotatable bonds is 5. The minimum absolute atomic E-state index is 0. The Morgan fingerprint density at radius 3 is 2.88 bits per heavy atom. The SMILES string of the molecule is CCNC(=NCCc1cccc(Cl)c1)N1CCOC(C2CCCO2)C1.I. The molecular formula is C19H29ClIN3O2. The lowest BCUT2D eigenvalue weighted by atomic mass is 10.1. The molecular weight excluding hydrogens is 465 g/mol. The van der Waals surface area contributed by atoms with E-state index in [4.69, 9.17) is 26.1 Å². The standard InChI is InChI=1S/C19H28ClN3O2.HI/c1-2-21-19(22-9-8-15-5-3-6-16(20)13-15)23-10-12-25-18(14-23)17-7-4-11-24-17;/h3,5-6,13,17-18H,2,4,7-12,14H2,1H3,(H,21,22);1H. The molecule has 0 amide bonds. The Labute approximate surface area is 178 Å². The Kier molecular flexibility index (Phi) is 9.45. The zero-order chi connectivity index (χ0) is 17.5. The number of nitrogens with one attached hydrogen (secondary N) is 1. The number of morpholine rings is 1. The summed E-state index contributed by atoms with van der Waals surface area (Å²) in [6.07, 6.45) is 3.50. The average Bonchev–Trinajstić information content (AvgIpc) is 3.16. The van der Waals surface area contributed by atoms with E-state index in [0.717, 1.165) is 69.6 Å². The van der Waals surface area contributed by atoms with Crippen molar-refractivity contribution in [3.63, 3.8) is 0 Å². The van der Waals surface area contributed by atoms with E-state index in [1.54, 1.807) is 0 Å². The zero-order valence-corrected chi connectivity index (χ0v) is 18.4. The number of halogens is 2. The molecule has 2 aliphatic heterocycles. The molecule has 2 heterocycles. The van der Waals surface area contributed by atoms with Gasteiger partial charge >= 0.3 is 0 Å². The maximum absolute atomic E-state index is 6.05. The summed E-state index contributed by atoms with van der Waals surface area (Å²) >= 11 is 6.05. The first-order valence-corrected chi connectivity index (χ1v) is 9.65. The van der Waals surface area contributed by atoms with Crippen molar-refractivity contribution >= 4 is 41.5 Å². The number of hydrogen-bond donors (Lipinski definition) is 1. The van der Waals surface area contributed by atoms with Crippen LogP contribution in [0.2, 0.25) is 5.02 Å². The maximum Gasteiger partial charge on any atom is 0.194 e. The summed E-state index contributed by atoms with van der Waals surface area (Å²) in [6, 6.07) is 7.99. The highest BCUT2D eigenvalue weighted by Gasteiger charge is 2.32. The number of benzene rings is 1. The Bertz CT molecular complexity index is 582. The summed E-state index contributed by atoms with van der Waals surface area (Å²) in [5.41, 5.74) is 1.21. The molecule has 26 heavy (non-hydrogen) atoms. The van der Waals surface area contributed by atoms with Gasteiger partial charge in [0.05, 0.1) is 12.7 Å². The average molecular weight is 494 g/mol. The van der Waals surface area contributed by atoms with E-state index in [1.165, 1.54) is 5.56 Å². The van der Waals surface area contributed by atoms with Gasteiger partial charge in [-0.15, -0.1) is 24.0 Å². The van der Waals surface area contributed by atoms with E-state index in [1.807, 2.05) is 18.2 Å². The van der Waals surface area contributed by atoms with Crippen molar-refractivity contribution in [1.29, 1.82) is 0 Å². The molecule has 5 nitrogen and oxygen atoms in total. The quantitative estimate of drug-likeness (QED) is 0.388. The van der Waals surface area contributed by atoms with Gasteiger partial charge in [0.15, 0.2) is 5.96 Å². The minimum Gasteiger partial charge on any atom is -0.375 e. The van der Waals surface area contributed by atoms with Crippen LogP contribution in [0.3, 0.4) is 0 Å². The van der Waals surface area contributed by atoms with Gasteiger partial charge in [0.2, 0.25) is 0 Å². The maximum atomic E-state index is 6.05. The van der Waals surface area contributed by atoms with Gasteiger partial charge in [0, 0.05) is 37.8 Å². The Morgan fingerprint density at radius 1 is 1.31 bits per heavy atom. The van der Waals surface area contributed by atoms with Crippen LogP contribution in [0.15, 0.2) is 29.3 Å². The van der Waals surface area contributed by atoms with Crippen molar-refractivity contribution in [2.75, 3.05) is 39.4 Å². The van der Waals surface area contributed by atoms with E-state index in [9.17, 15) is 0 Å². The van der Waals surface area contributed by atoms with Crippen molar-refractivity contribution in [3.8, 4) is 0 Å². The molecule has 1 N–H and O–H groups in total. The van der Waals surface area contributed by atoms with E-state index in [2.05, 4.69) is 23.2 Å². The highest BCUT2D eigenvalue weighted by molar-refractivity contribution is 14.0.